The average Bonchev–Trinajstić information content (AvgIpc) is 2.56. The number of hydrogen-bond acceptors (Lipinski definition) is 4. The summed E-state index contributed by atoms with van der Waals surface area (Å²) in [4.78, 5) is 37.4. The van der Waals surface area contributed by atoms with Crippen molar-refractivity contribution in [1.29, 1.82) is 0 Å². The Labute approximate surface area is 151 Å². The summed E-state index contributed by atoms with van der Waals surface area (Å²) in [5.41, 5.74) is -2.02. The lowest BCUT2D eigenvalue weighted by Crippen LogP contribution is -2.56. The Hall–Kier alpha value is -2.39. The summed E-state index contributed by atoms with van der Waals surface area (Å²) in [6.45, 7) is 0. The van der Waals surface area contributed by atoms with Crippen LogP contribution in [0.5, 0.6) is 0 Å². The molecule has 0 radical (unpaired) electrons. The van der Waals surface area contributed by atoms with Gasteiger partial charge in [-0.1, -0.05) is 31.9 Å². The third-order valence-electron chi connectivity index (χ3n) is 3.35. The summed E-state index contributed by atoms with van der Waals surface area (Å²) in [6.07, 6.45) is 0. The van der Waals surface area contributed by atoms with Crippen molar-refractivity contribution in [2.75, 3.05) is 5.84 Å². The molecule has 3 rings (SSSR count). The van der Waals surface area contributed by atoms with Gasteiger partial charge in [0.1, 0.15) is 0 Å². The van der Waals surface area contributed by atoms with E-state index in [2.05, 4.69) is 31.9 Å². The largest absolute Gasteiger partial charge is 0.359 e. The van der Waals surface area contributed by atoms with Gasteiger partial charge in [0.05, 0.1) is 11.4 Å². The number of aromatic nitrogens is 3. The molecule has 9 heteroatoms. The molecule has 122 valence electrons. The van der Waals surface area contributed by atoms with Crippen molar-refractivity contribution >= 4 is 31.9 Å². The van der Waals surface area contributed by atoms with Crippen LogP contribution in [0.25, 0.3) is 11.4 Å². The van der Waals surface area contributed by atoms with Crippen molar-refractivity contribution in [2.24, 2.45) is 0 Å². The van der Waals surface area contributed by atoms with Crippen LogP contribution in [-0.2, 0) is 0 Å². The second-order valence-corrected chi connectivity index (χ2v) is 6.67. The Kier molecular flexibility index (Phi) is 4.29. The fourth-order valence-electron chi connectivity index (χ4n) is 2.18. The van der Waals surface area contributed by atoms with Crippen LogP contribution in [0.1, 0.15) is 0 Å². The fourth-order valence-corrected chi connectivity index (χ4v) is 2.71. The molecule has 0 bridgehead atoms. The minimum atomic E-state index is -0.916. The zero-order valence-corrected chi connectivity index (χ0v) is 15.2. The topological polar surface area (TPSA) is 92.0 Å². The summed E-state index contributed by atoms with van der Waals surface area (Å²) < 4.78 is 3.67. The van der Waals surface area contributed by atoms with E-state index in [-0.39, 0.29) is 0 Å². The molecule has 0 amide bonds. The van der Waals surface area contributed by atoms with Gasteiger partial charge in [-0.05, 0) is 48.5 Å². The maximum Gasteiger partial charge on any atom is 0.359 e. The molecule has 24 heavy (non-hydrogen) atoms. The predicted octanol–water partition coefficient (Wildman–Crippen LogP) is 1.39. The number of rotatable bonds is 2. The molecular formula is C15H10Br2N4O3. The van der Waals surface area contributed by atoms with Crippen LogP contribution >= 0.6 is 31.9 Å². The Morgan fingerprint density at radius 3 is 1.29 bits per heavy atom. The number of halogens is 2. The van der Waals surface area contributed by atoms with Gasteiger partial charge in [-0.3, -0.25) is 0 Å². The van der Waals surface area contributed by atoms with Gasteiger partial charge >= 0.3 is 17.1 Å². The van der Waals surface area contributed by atoms with Gasteiger partial charge in [-0.2, -0.15) is 4.68 Å². The van der Waals surface area contributed by atoms with Crippen LogP contribution < -0.4 is 22.9 Å². The summed E-state index contributed by atoms with van der Waals surface area (Å²) in [6, 6.07) is 13.0. The molecule has 2 aromatic carbocycles. The zero-order chi connectivity index (χ0) is 17.4. The van der Waals surface area contributed by atoms with Crippen molar-refractivity contribution in [3.63, 3.8) is 0 Å². The molecule has 3 aromatic rings. The molecule has 1 heterocycles. The van der Waals surface area contributed by atoms with Crippen molar-refractivity contribution in [1.82, 2.24) is 13.8 Å². The normalized spacial score (nSPS) is 10.8. The Morgan fingerprint density at radius 1 is 0.625 bits per heavy atom. The fraction of sp³-hybridized carbons (Fsp3) is 0. The van der Waals surface area contributed by atoms with Gasteiger partial charge in [-0.25, -0.2) is 23.5 Å². The Morgan fingerprint density at radius 2 is 0.958 bits per heavy atom. The average molecular weight is 454 g/mol. The van der Waals surface area contributed by atoms with Gasteiger partial charge in [-0.15, -0.1) is 0 Å². The van der Waals surface area contributed by atoms with E-state index in [1.54, 1.807) is 48.5 Å². The maximum atomic E-state index is 12.8. The van der Waals surface area contributed by atoms with Crippen LogP contribution in [0.2, 0.25) is 0 Å². The lowest BCUT2D eigenvalue weighted by molar-refractivity contribution is 0.641. The molecular weight excluding hydrogens is 444 g/mol. The molecule has 0 aliphatic heterocycles. The summed E-state index contributed by atoms with van der Waals surface area (Å²) >= 11 is 6.57. The summed E-state index contributed by atoms with van der Waals surface area (Å²) in [7, 11) is 0. The molecule has 0 saturated heterocycles. The van der Waals surface area contributed by atoms with Crippen molar-refractivity contribution in [2.45, 2.75) is 0 Å². The number of nitrogen functional groups attached to an aromatic ring is 1. The highest BCUT2D eigenvalue weighted by molar-refractivity contribution is 9.10. The molecule has 0 unspecified atom stereocenters. The molecule has 0 atom stereocenters. The van der Waals surface area contributed by atoms with E-state index in [0.29, 0.717) is 16.1 Å². The van der Waals surface area contributed by atoms with Crippen LogP contribution in [0.3, 0.4) is 0 Å². The van der Waals surface area contributed by atoms with Gasteiger partial charge in [0.25, 0.3) is 0 Å². The third-order valence-corrected chi connectivity index (χ3v) is 4.40. The molecule has 0 aliphatic rings. The highest BCUT2D eigenvalue weighted by atomic mass is 79.9. The molecule has 0 aliphatic carbocycles. The van der Waals surface area contributed by atoms with E-state index >= 15 is 0 Å². The zero-order valence-electron chi connectivity index (χ0n) is 12.0. The Balaban J connectivity index is 2.38. The van der Waals surface area contributed by atoms with Gasteiger partial charge in [0.15, 0.2) is 0 Å². The minimum Gasteiger partial charge on any atom is -0.331 e. The van der Waals surface area contributed by atoms with Crippen LogP contribution in [0, 0.1) is 0 Å². The minimum absolute atomic E-state index is 0.304. The molecule has 1 aromatic heterocycles. The quantitative estimate of drug-likeness (QED) is 0.593. The van der Waals surface area contributed by atoms with Gasteiger partial charge in [0.2, 0.25) is 0 Å². The first-order valence-corrected chi connectivity index (χ1v) is 8.27. The second kappa shape index (κ2) is 6.25. The van der Waals surface area contributed by atoms with Crippen molar-refractivity contribution < 1.29 is 0 Å². The van der Waals surface area contributed by atoms with Crippen LogP contribution in [-0.4, -0.2) is 13.8 Å². The van der Waals surface area contributed by atoms with E-state index in [1.165, 1.54) is 0 Å². The lowest BCUT2D eigenvalue weighted by atomic mass is 10.3. The third kappa shape index (κ3) is 2.76. The van der Waals surface area contributed by atoms with E-state index in [0.717, 1.165) is 18.1 Å². The number of nitrogens with two attached hydrogens (primary N) is 1. The number of hydrogen-bond donors (Lipinski definition) is 1. The first-order chi connectivity index (χ1) is 11.4. The molecule has 0 spiro atoms. The molecule has 0 saturated carbocycles. The highest BCUT2D eigenvalue weighted by Crippen LogP contribution is 2.13. The van der Waals surface area contributed by atoms with Crippen molar-refractivity contribution in [3.05, 3.63) is 88.9 Å². The van der Waals surface area contributed by atoms with E-state index in [4.69, 9.17) is 5.84 Å². The first-order valence-electron chi connectivity index (χ1n) is 6.68. The van der Waals surface area contributed by atoms with Gasteiger partial charge in [0, 0.05) is 8.95 Å². The SMILES string of the molecule is Nn1c(=O)n(-c2ccc(Br)cc2)c(=O)n(-c2ccc(Br)cc2)c1=O. The number of nitrogens with zero attached hydrogens (tertiary/aromatic N) is 3. The van der Waals surface area contributed by atoms with E-state index in [9.17, 15) is 14.4 Å². The van der Waals surface area contributed by atoms with Gasteiger partial charge < -0.3 is 5.84 Å². The first kappa shape index (κ1) is 16.5. The second-order valence-electron chi connectivity index (χ2n) is 4.84. The van der Waals surface area contributed by atoms with E-state index < -0.39 is 17.1 Å². The molecule has 0 fully saturated rings. The molecule has 2 N–H and O–H groups in total. The standard InChI is InChI=1S/C15H10Br2N4O3/c16-9-1-5-11(6-2-9)19-13(22)20(15(24)21(18)14(19)23)12-7-3-10(17)4-8-12/h1-8H,18H2. The van der Waals surface area contributed by atoms with E-state index in [1.807, 2.05) is 0 Å². The lowest BCUT2D eigenvalue weighted by Gasteiger charge is -2.11. The monoisotopic (exact) mass is 452 g/mol. The Bertz CT molecular complexity index is 996. The van der Waals surface area contributed by atoms with Crippen LogP contribution in [0.4, 0.5) is 0 Å². The van der Waals surface area contributed by atoms with Crippen LogP contribution in [0.15, 0.2) is 71.9 Å². The smallest absolute Gasteiger partial charge is 0.331 e. The van der Waals surface area contributed by atoms with Crippen molar-refractivity contribution in [3.8, 4) is 11.4 Å². The number of benzene rings is 2. The predicted molar refractivity (Wildman–Crippen MR) is 97.4 cm³/mol. The summed E-state index contributed by atoms with van der Waals surface area (Å²) in [5, 5.41) is 0. The highest BCUT2D eigenvalue weighted by Gasteiger charge is 2.16. The summed E-state index contributed by atoms with van der Waals surface area (Å²) in [5.74, 6) is 5.58. The molecule has 7 nitrogen and oxygen atoms in total. The maximum absolute atomic E-state index is 12.8.